The molecule has 110 valence electrons. The molecule has 0 atom stereocenters. The van der Waals surface area contributed by atoms with Crippen LogP contribution in [0.3, 0.4) is 0 Å². The fourth-order valence-electron chi connectivity index (χ4n) is 2.63. The molecule has 0 aliphatic carbocycles. The molecule has 0 amide bonds. The van der Waals surface area contributed by atoms with E-state index in [1.54, 1.807) is 12.1 Å². The molecule has 0 unspecified atom stereocenters. The zero-order valence-corrected chi connectivity index (χ0v) is 13.8. The summed E-state index contributed by atoms with van der Waals surface area (Å²) in [5.41, 5.74) is 9.14. The van der Waals surface area contributed by atoms with Crippen LogP contribution in [0.25, 0.3) is 22.3 Å². The van der Waals surface area contributed by atoms with Crippen LogP contribution in [0.1, 0.15) is 6.04 Å². The van der Waals surface area contributed by atoms with Crippen molar-refractivity contribution >= 4 is 16.7 Å². The molecule has 1 aromatic carbocycles. The molecule has 2 aromatic heterocycles. The number of aromatic hydroxyl groups is 1. The summed E-state index contributed by atoms with van der Waals surface area (Å²) in [4.78, 5) is 0. The molecule has 1 saturated heterocycles. The van der Waals surface area contributed by atoms with Gasteiger partial charge >= 0.3 is 139 Å². The van der Waals surface area contributed by atoms with E-state index in [9.17, 15) is 5.11 Å². The first-order valence-corrected chi connectivity index (χ1v) is 9.18. The predicted molar refractivity (Wildman–Crippen MR) is 78.9 cm³/mol. The van der Waals surface area contributed by atoms with E-state index in [0.717, 1.165) is 14.7 Å². The molecule has 3 aromatic rings. The van der Waals surface area contributed by atoms with E-state index in [0.29, 0.717) is 30.5 Å². The maximum absolute atomic E-state index is 10.0. The van der Waals surface area contributed by atoms with E-state index in [1.807, 2.05) is 24.3 Å². The molecule has 0 saturated carbocycles. The summed E-state index contributed by atoms with van der Waals surface area (Å²) in [5, 5.41) is 18.6. The van der Waals surface area contributed by atoms with Crippen LogP contribution in [-0.2, 0) is 4.74 Å². The molecule has 1 aliphatic heterocycles. The van der Waals surface area contributed by atoms with Crippen molar-refractivity contribution in [3.05, 3.63) is 40.1 Å². The van der Waals surface area contributed by atoms with E-state index >= 15 is 0 Å². The number of para-hydroxylation sites is 1. The Bertz CT molecular complexity index is 848. The van der Waals surface area contributed by atoms with Crippen LogP contribution in [-0.4, -0.2) is 38.8 Å². The number of phenolic OH excluding ortho intramolecular Hbond substituents is 1. The van der Waals surface area contributed by atoms with E-state index in [-0.39, 0.29) is 5.75 Å². The molecule has 5 nitrogen and oxygen atoms in total. The molecule has 7 heteroatoms. The Morgan fingerprint density at radius 3 is 2.73 bits per heavy atom. The van der Waals surface area contributed by atoms with Gasteiger partial charge in [-0.2, -0.15) is 0 Å². The number of hydrogen-bond donors (Lipinski definition) is 1. The number of fused-ring (bicyclic) bond motifs is 1. The molecule has 1 fully saturated rings. The predicted octanol–water partition coefficient (Wildman–Crippen LogP) is -1.28. The quantitative estimate of drug-likeness (QED) is 0.437. The van der Waals surface area contributed by atoms with Crippen molar-refractivity contribution in [2.45, 2.75) is 6.04 Å². The van der Waals surface area contributed by atoms with Crippen molar-refractivity contribution in [2.24, 2.45) is 0 Å². The normalized spacial score (nSPS) is 15.3. The van der Waals surface area contributed by atoms with Gasteiger partial charge in [0.25, 0.3) is 0 Å². The fourth-order valence-corrected chi connectivity index (χ4v) is 4.06. The zero-order valence-electron chi connectivity index (χ0n) is 11.6. The number of aromatic nitrogens is 3. The first kappa shape index (κ1) is 14.0. The molecule has 22 heavy (non-hydrogen) atoms. The van der Waals surface area contributed by atoms with Gasteiger partial charge in [-0.15, -0.1) is 0 Å². The van der Waals surface area contributed by atoms with Crippen LogP contribution in [0.15, 0.2) is 36.4 Å². The molecular weight excluding hydrogens is 392 g/mol. The van der Waals surface area contributed by atoms with Gasteiger partial charge in [-0.3, -0.25) is 0 Å². The van der Waals surface area contributed by atoms with Gasteiger partial charge in [0, 0.05) is 0 Å². The van der Waals surface area contributed by atoms with Crippen molar-refractivity contribution < 1.29 is 30.8 Å². The number of benzene rings is 1. The number of phenols is 1. The van der Waals surface area contributed by atoms with Crippen molar-refractivity contribution in [1.82, 2.24) is 14.8 Å². The second-order valence-corrected chi connectivity index (χ2v) is 6.88. The summed E-state index contributed by atoms with van der Waals surface area (Å²) in [6.45, 7) is 1.41. The first-order valence-electron chi connectivity index (χ1n) is 6.86. The monoisotopic (exact) mass is 404 g/mol. The third kappa shape index (κ3) is 2.19. The van der Waals surface area contributed by atoms with Crippen molar-refractivity contribution in [1.29, 1.82) is 0 Å². The molecule has 0 spiro atoms. The standard InChI is InChI=1S/C15H12BIN3O2/c16-17-15-6-12-13(20(15)9-7-22-8-9)5-11(18-19-12)10-3-1-2-4-14(10)21/h1-6,9,21H,7-8H2/q-1. The van der Waals surface area contributed by atoms with Gasteiger partial charge in [0.2, 0.25) is 0 Å². The Labute approximate surface area is 138 Å². The number of ether oxygens (including phenoxy) is 1. The minimum absolute atomic E-state index is 0.202. The molecule has 1 aliphatic rings. The van der Waals surface area contributed by atoms with Gasteiger partial charge in [-0.25, -0.2) is 0 Å². The Kier molecular flexibility index (Phi) is 3.53. The summed E-state index contributed by atoms with van der Waals surface area (Å²) < 4.78 is 8.67. The van der Waals surface area contributed by atoms with Gasteiger partial charge in [0.15, 0.2) is 0 Å². The van der Waals surface area contributed by atoms with Gasteiger partial charge in [-0.1, -0.05) is 0 Å². The van der Waals surface area contributed by atoms with E-state index in [4.69, 9.17) is 10.4 Å². The third-order valence-corrected chi connectivity index (χ3v) is 5.29. The second-order valence-electron chi connectivity index (χ2n) is 5.15. The van der Waals surface area contributed by atoms with Gasteiger partial charge in [0.1, 0.15) is 0 Å². The summed E-state index contributed by atoms with van der Waals surface area (Å²) in [7, 11) is 0. The molecule has 2 radical (unpaired) electrons. The van der Waals surface area contributed by atoms with Crippen LogP contribution in [0.2, 0.25) is 0 Å². The second kappa shape index (κ2) is 5.55. The molecule has 1 N–H and O–H groups in total. The van der Waals surface area contributed by atoms with Crippen molar-refractivity contribution in [2.75, 3.05) is 13.2 Å². The van der Waals surface area contributed by atoms with Crippen LogP contribution < -0.4 is 21.0 Å². The van der Waals surface area contributed by atoms with E-state index in [1.165, 1.54) is 0 Å². The van der Waals surface area contributed by atoms with Gasteiger partial charge in [0.05, 0.1) is 0 Å². The summed E-state index contributed by atoms with van der Waals surface area (Å²) in [6, 6.07) is 11.4. The van der Waals surface area contributed by atoms with Crippen molar-refractivity contribution in [3.8, 4) is 17.0 Å². The summed E-state index contributed by atoms with van der Waals surface area (Å²) in [5.74, 6) is 0.202. The maximum atomic E-state index is 10.0. The van der Waals surface area contributed by atoms with E-state index in [2.05, 4.69) is 14.8 Å². The number of hydrogen-bond acceptors (Lipinski definition) is 4. The van der Waals surface area contributed by atoms with Crippen LogP contribution in [0, 0.1) is 3.70 Å². The Morgan fingerprint density at radius 2 is 2.05 bits per heavy atom. The van der Waals surface area contributed by atoms with Gasteiger partial charge < -0.3 is 0 Å². The molecule has 0 bridgehead atoms. The molecular formula is C15H12BIN3O2-. The van der Waals surface area contributed by atoms with Gasteiger partial charge in [-0.05, 0) is 0 Å². The summed E-state index contributed by atoms with van der Waals surface area (Å²) >= 11 is -0.548. The van der Waals surface area contributed by atoms with Crippen LogP contribution in [0.5, 0.6) is 5.75 Å². The van der Waals surface area contributed by atoms with Crippen LogP contribution in [0.4, 0.5) is 0 Å². The van der Waals surface area contributed by atoms with Crippen molar-refractivity contribution in [3.63, 3.8) is 0 Å². The Morgan fingerprint density at radius 1 is 1.23 bits per heavy atom. The van der Waals surface area contributed by atoms with E-state index < -0.39 is 21.0 Å². The fraction of sp³-hybridized carbons (Fsp3) is 0.200. The number of nitrogens with zero attached hydrogens (tertiary/aromatic N) is 3. The number of rotatable bonds is 3. The molecule has 4 rings (SSSR count). The topological polar surface area (TPSA) is 60.2 Å². The first-order chi connectivity index (χ1) is 10.8. The SMILES string of the molecule is [B][I-]c1cc2nnc(-c3ccccc3O)cc2n1C1COC1. The Balaban J connectivity index is 1.91. The average Bonchev–Trinajstić information content (AvgIpc) is 2.84. The molecule has 3 heterocycles. The Hall–Kier alpha value is -1.61. The summed E-state index contributed by atoms with van der Waals surface area (Å²) in [6.07, 6.45) is 0. The number of halogens is 1. The van der Waals surface area contributed by atoms with Crippen LogP contribution >= 0.6 is 0 Å². The minimum atomic E-state index is -0.548. The average molecular weight is 404 g/mol. The third-order valence-electron chi connectivity index (χ3n) is 3.82. The zero-order chi connectivity index (χ0) is 15.1.